The molecule has 0 saturated heterocycles. The number of nitriles is 1. The maximum absolute atomic E-state index is 12.5. The topological polar surface area (TPSA) is 62.7 Å². The fourth-order valence-electron chi connectivity index (χ4n) is 1.22. The summed E-state index contributed by atoms with van der Waals surface area (Å²) in [5.74, 6) is 0. The lowest BCUT2D eigenvalue weighted by Crippen LogP contribution is -2.14. The number of nitrogens with zero attached hydrogens (tertiary/aromatic N) is 2. The van der Waals surface area contributed by atoms with E-state index in [4.69, 9.17) is 11.0 Å². The van der Waals surface area contributed by atoms with Crippen molar-refractivity contribution >= 4 is 0 Å². The molecule has 0 saturated carbocycles. The van der Waals surface area contributed by atoms with Crippen LogP contribution in [0.25, 0.3) is 0 Å². The predicted molar refractivity (Wildman–Crippen MR) is 46.8 cm³/mol. The molecule has 3 nitrogen and oxygen atoms in total. The van der Waals surface area contributed by atoms with Crippen molar-refractivity contribution in [3.63, 3.8) is 0 Å². The molecule has 1 heterocycles. The Morgan fingerprint density at radius 2 is 2.00 bits per heavy atom. The molecule has 0 unspecified atom stereocenters. The first-order chi connectivity index (χ1) is 7.81. The van der Waals surface area contributed by atoms with Gasteiger partial charge in [-0.05, 0) is 6.07 Å². The van der Waals surface area contributed by atoms with Gasteiger partial charge < -0.3 is 5.73 Å². The third kappa shape index (κ3) is 2.68. The van der Waals surface area contributed by atoms with Crippen molar-refractivity contribution in [2.75, 3.05) is 0 Å². The number of hydrogen-bond acceptors (Lipinski definition) is 3. The minimum absolute atomic E-state index is 0.221. The maximum atomic E-state index is 12.5. The van der Waals surface area contributed by atoms with Crippen LogP contribution in [0, 0.1) is 11.3 Å². The van der Waals surface area contributed by atoms with Crippen LogP contribution in [-0.2, 0) is 12.7 Å². The first kappa shape index (κ1) is 13.3. The summed E-state index contributed by atoms with van der Waals surface area (Å²) < 4.78 is 62.3. The van der Waals surface area contributed by atoms with E-state index in [0.29, 0.717) is 0 Å². The molecule has 8 heteroatoms. The van der Waals surface area contributed by atoms with E-state index < -0.39 is 41.7 Å². The lowest BCUT2D eigenvalue weighted by Gasteiger charge is -2.12. The van der Waals surface area contributed by atoms with Crippen molar-refractivity contribution in [2.45, 2.75) is 19.1 Å². The van der Waals surface area contributed by atoms with Gasteiger partial charge in [-0.2, -0.15) is 18.4 Å². The summed E-state index contributed by atoms with van der Waals surface area (Å²) in [6, 6.07) is 1.43. The Labute approximate surface area is 92.7 Å². The Morgan fingerprint density at radius 3 is 2.35 bits per heavy atom. The largest absolute Gasteiger partial charge is 0.419 e. The van der Waals surface area contributed by atoms with Crippen LogP contribution < -0.4 is 5.73 Å². The highest BCUT2D eigenvalue weighted by molar-refractivity contribution is 5.39. The molecule has 0 aliphatic carbocycles. The molecule has 0 fully saturated rings. The van der Waals surface area contributed by atoms with Gasteiger partial charge in [-0.3, -0.25) is 0 Å². The van der Waals surface area contributed by atoms with Gasteiger partial charge in [0.25, 0.3) is 6.43 Å². The fourth-order valence-corrected chi connectivity index (χ4v) is 1.22. The molecule has 0 amide bonds. The van der Waals surface area contributed by atoms with E-state index in [-0.39, 0.29) is 6.07 Å². The highest BCUT2D eigenvalue weighted by atomic mass is 19.4. The Kier molecular flexibility index (Phi) is 3.63. The van der Waals surface area contributed by atoms with Crippen LogP contribution in [0.15, 0.2) is 6.07 Å². The van der Waals surface area contributed by atoms with Crippen molar-refractivity contribution in [2.24, 2.45) is 5.73 Å². The van der Waals surface area contributed by atoms with Crippen LogP contribution in [0.3, 0.4) is 0 Å². The first-order valence-electron chi connectivity index (χ1n) is 4.30. The maximum Gasteiger partial charge on any atom is 0.419 e. The van der Waals surface area contributed by atoms with Crippen LogP contribution in [0.4, 0.5) is 22.0 Å². The third-order valence-corrected chi connectivity index (χ3v) is 1.97. The highest BCUT2D eigenvalue weighted by Gasteiger charge is 2.36. The lowest BCUT2D eigenvalue weighted by molar-refractivity contribution is -0.138. The summed E-state index contributed by atoms with van der Waals surface area (Å²) in [4.78, 5) is 3.21. The van der Waals surface area contributed by atoms with Crippen molar-refractivity contribution in [1.82, 2.24) is 4.98 Å². The number of hydrogen-bond donors (Lipinski definition) is 1. The second-order valence-corrected chi connectivity index (χ2v) is 3.03. The monoisotopic (exact) mass is 251 g/mol. The van der Waals surface area contributed by atoms with Crippen LogP contribution in [0.1, 0.15) is 28.9 Å². The summed E-state index contributed by atoms with van der Waals surface area (Å²) >= 11 is 0. The number of halogens is 5. The molecule has 0 aromatic carbocycles. The SMILES string of the molecule is N#Cc1nc(CN)c(C(F)F)cc1C(F)(F)F. The van der Waals surface area contributed by atoms with E-state index in [2.05, 4.69) is 4.98 Å². The number of rotatable bonds is 2. The second kappa shape index (κ2) is 4.63. The molecule has 0 aliphatic rings. The van der Waals surface area contributed by atoms with Gasteiger partial charge in [-0.25, -0.2) is 13.8 Å². The predicted octanol–water partition coefficient (Wildman–Crippen LogP) is 2.37. The Morgan fingerprint density at radius 1 is 1.41 bits per heavy atom. The Hall–Kier alpha value is -1.75. The van der Waals surface area contributed by atoms with Gasteiger partial charge in [0.1, 0.15) is 6.07 Å². The first-order valence-corrected chi connectivity index (χ1v) is 4.30. The van der Waals surface area contributed by atoms with Gasteiger partial charge in [-0.1, -0.05) is 0 Å². The van der Waals surface area contributed by atoms with Gasteiger partial charge in [0.2, 0.25) is 0 Å². The molecule has 0 aliphatic heterocycles. The van der Waals surface area contributed by atoms with Gasteiger partial charge in [0.05, 0.1) is 11.3 Å². The van der Waals surface area contributed by atoms with Gasteiger partial charge in [-0.15, -0.1) is 0 Å². The standard InChI is InChI=1S/C9H6F5N3/c10-8(11)4-1-5(9(12,13)14)7(3-16)17-6(4)2-15/h1,8H,2,15H2. The molecule has 1 aromatic rings. The van der Waals surface area contributed by atoms with E-state index >= 15 is 0 Å². The minimum Gasteiger partial charge on any atom is -0.325 e. The van der Waals surface area contributed by atoms with E-state index in [1.54, 1.807) is 0 Å². The van der Waals surface area contributed by atoms with Crippen LogP contribution >= 0.6 is 0 Å². The zero-order valence-corrected chi connectivity index (χ0v) is 8.22. The molecular weight excluding hydrogens is 245 g/mol. The van der Waals surface area contributed by atoms with E-state index in [9.17, 15) is 22.0 Å². The average Bonchev–Trinajstić information content (AvgIpc) is 2.25. The fraction of sp³-hybridized carbons (Fsp3) is 0.333. The molecule has 2 N–H and O–H groups in total. The summed E-state index contributed by atoms with van der Waals surface area (Å²) in [6.45, 7) is -0.466. The molecule has 1 rings (SSSR count). The van der Waals surface area contributed by atoms with E-state index in [1.165, 1.54) is 6.07 Å². The van der Waals surface area contributed by atoms with Crippen molar-refractivity contribution in [3.05, 3.63) is 28.6 Å². The van der Waals surface area contributed by atoms with Crippen molar-refractivity contribution in [3.8, 4) is 6.07 Å². The number of nitrogens with two attached hydrogens (primary N) is 1. The summed E-state index contributed by atoms with van der Waals surface area (Å²) in [7, 11) is 0. The highest BCUT2D eigenvalue weighted by Crippen LogP contribution is 2.34. The minimum atomic E-state index is -4.91. The molecule has 17 heavy (non-hydrogen) atoms. The zero-order chi connectivity index (χ0) is 13.2. The quantitative estimate of drug-likeness (QED) is 0.820. The van der Waals surface area contributed by atoms with Gasteiger partial charge >= 0.3 is 6.18 Å². The van der Waals surface area contributed by atoms with E-state index in [1.807, 2.05) is 0 Å². The zero-order valence-electron chi connectivity index (χ0n) is 8.22. The Bertz CT molecular complexity index is 461. The van der Waals surface area contributed by atoms with Crippen LogP contribution in [-0.4, -0.2) is 4.98 Å². The average molecular weight is 251 g/mol. The van der Waals surface area contributed by atoms with Gasteiger partial charge in [0, 0.05) is 12.1 Å². The Balaban J connectivity index is 3.52. The number of pyridine rings is 1. The molecule has 0 atom stereocenters. The smallest absolute Gasteiger partial charge is 0.325 e. The van der Waals surface area contributed by atoms with Crippen molar-refractivity contribution < 1.29 is 22.0 Å². The molecule has 0 spiro atoms. The molecule has 92 valence electrons. The number of aromatic nitrogens is 1. The normalized spacial score (nSPS) is 11.6. The molecule has 1 aromatic heterocycles. The van der Waals surface area contributed by atoms with E-state index in [0.717, 1.165) is 0 Å². The summed E-state index contributed by atoms with van der Waals surface area (Å²) in [6.07, 6.45) is -8.04. The van der Waals surface area contributed by atoms with Crippen molar-refractivity contribution in [1.29, 1.82) is 5.26 Å². The van der Waals surface area contributed by atoms with Crippen LogP contribution in [0.5, 0.6) is 0 Å². The number of alkyl halides is 5. The molecule has 0 bridgehead atoms. The molecular formula is C9H6F5N3. The lowest BCUT2D eigenvalue weighted by atomic mass is 10.1. The van der Waals surface area contributed by atoms with Crippen LogP contribution in [0.2, 0.25) is 0 Å². The summed E-state index contributed by atoms with van der Waals surface area (Å²) in [5, 5.41) is 8.49. The summed E-state index contributed by atoms with van der Waals surface area (Å²) in [5.41, 5.74) is 1.33. The van der Waals surface area contributed by atoms with Gasteiger partial charge in [0.15, 0.2) is 5.69 Å². The third-order valence-electron chi connectivity index (χ3n) is 1.97. The second-order valence-electron chi connectivity index (χ2n) is 3.03. The molecule has 0 radical (unpaired) electrons.